The number of hydrogen-bond donors (Lipinski definition) is 1. The van der Waals surface area contributed by atoms with Crippen LogP contribution >= 0.6 is 0 Å². The molecule has 1 unspecified atom stereocenters. The van der Waals surface area contributed by atoms with Gasteiger partial charge < -0.3 is 5.73 Å². The highest BCUT2D eigenvalue weighted by molar-refractivity contribution is 7.89. The lowest BCUT2D eigenvalue weighted by Gasteiger charge is -2.36. The molecule has 0 bridgehead atoms. The van der Waals surface area contributed by atoms with E-state index in [1.165, 1.54) is 6.42 Å². The molecule has 0 amide bonds. The van der Waals surface area contributed by atoms with Gasteiger partial charge in [-0.3, -0.25) is 4.90 Å². The molecule has 21 heavy (non-hydrogen) atoms. The number of nitrogens with zero attached hydrogens (tertiary/aromatic N) is 2. The molecule has 1 aromatic carbocycles. The lowest BCUT2D eigenvalue weighted by molar-refractivity contribution is 0.158. The topological polar surface area (TPSA) is 66.6 Å². The number of piperazine rings is 1. The fraction of sp³-hybridized carbons (Fsp3) is 0.600. The molecule has 2 N–H and O–H groups in total. The predicted octanol–water partition coefficient (Wildman–Crippen LogP) is 0.922. The van der Waals surface area contributed by atoms with Gasteiger partial charge in [0.2, 0.25) is 10.0 Å². The Morgan fingerprint density at radius 2 is 2.10 bits per heavy atom. The maximum atomic E-state index is 12.8. The van der Waals surface area contributed by atoms with Crippen molar-refractivity contribution < 1.29 is 8.42 Å². The summed E-state index contributed by atoms with van der Waals surface area (Å²) in [6, 6.07) is 5.67. The first-order valence-corrected chi connectivity index (χ1v) is 9.00. The van der Waals surface area contributed by atoms with Crippen LogP contribution in [0, 0.1) is 6.92 Å². The lowest BCUT2D eigenvalue weighted by atomic mass is 10.1. The third-order valence-corrected chi connectivity index (χ3v) is 6.59. The maximum absolute atomic E-state index is 12.8. The van der Waals surface area contributed by atoms with E-state index in [2.05, 4.69) is 4.90 Å². The third kappa shape index (κ3) is 2.73. The van der Waals surface area contributed by atoms with Gasteiger partial charge in [0.05, 0.1) is 4.90 Å². The smallest absolute Gasteiger partial charge is 0.243 e. The number of fused-ring (bicyclic) bond motifs is 1. The van der Waals surface area contributed by atoms with Crippen LogP contribution in [0.4, 0.5) is 0 Å². The Morgan fingerprint density at radius 3 is 2.86 bits per heavy atom. The normalized spacial score (nSPS) is 24.2. The second kappa shape index (κ2) is 5.68. The van der Waals surface area contributed by atoms with E-state index in [4.69, 9.17) is 5.73 Å². The van der Waals surface area contributed by atoms with Gasteiger partial charge >= 0.3 is 0 Å². The van der Waals surface area contributed by atoms with Crippen molar-refractivity contribution in [3.05, 3.63) is 29.3 Å². The fourth-order valence-electron chi connectivity index (χ4n) is 3.36. The van der Waals surface area contributed by atoms with Gasteiger partial charge in [0, 0.05) is 32.2 Å². The van der Waals surface area contributed by atoms with Gasteiger partial charge in [-0.2, -0.15) is 4.31 Å². The number of aryl methyl sites for hydroxylation is 1. The van der Waals surface area contributed by atoms with E-state index >= 15 is 0 Å². The van der Waals surface area contributed by atoms with Crippen LogP contribution in [-0.2, 0) is 16.6 Å². The highest BCUT2D eigenvalue weighted by Gasteiger charge is 2.36. The molecule has 1 aromatic rings. The Balaban J connectivity index is 1.86. The monoisotopic (exact) mass is 309 g/mol. The van der Waals surface area contributed by atoms with Gasteiger partial charge in [-0.25, -0.2) is 8.42 Å². The molecule has 3 rings (SSSR count). The maximum Gasteiger partial charge on any atom is 0.243 e. The van der Waals surface area contributed by atoms with Crippen LogP contribution in [0.1, 0.15) is 24.0 Å². The van der Waals surface area contributed by atoms with Gasteiger partial charge in [-0.05, 0) is 49.6 Å². The number of nitrogens with two attached hydrogens (primary N) is 1. The first kappa shape index (κ1) is 15.0. The molecule has 1 atom stereocenters. The summed E-state index contributed by atoms with van der Waals surface area (Å²) in [6.45, 7) is 5.49. The SMILES string of the molecule is Cc1ccc(S(=O)(=O)N2CCN3CCCC3C2)cc1CN. The summed E-state index contributed by atoms with van der Waals surface area (Å²) in [7, 11) is -3.40. The number of hydrogen-bond acceptors (Lipinski definition) is 4. The molecule has 0 saturated carbocycles. The molecule has 0 spiro atoms. The summed E-state index contributed by atoms with van der Waals surface area (Å²) < 4.78 is 27.3. The molecule has 5 nitrogen and oxygen atoms in total. The summed E-state index contributed by atoms with van der Waals surface area (Å²) in [4.78, 5) is 2.78. The van der Waals surface area contributed by atoms with Crippen LogP contribution in [0.5, 0.6) is 0 Å². The Labute approximate surface area is 126 Å². The molecular formula is C15H23N3O2S. The van der Waals surface area contributed by atoms with Gasteiger partial charge in [0.25, 0.3) is 0 Å². The van der Waals surface area contributed by atoms with Crippen LogP contribution < -0.4 is 5.73 Å². The minimum Gasteiger partial charge on any atom is -0.326 e. The summed E-state index contributed by atoms with van der Waals surface area (Å²) in [6.07, 6.45) is 2.29. The van der Waals surface area contributed by atoms with E-state index in [1.54, 1.807) is 16.4 Å². The van der Waals surface area contributed by atoms with Crippen molar-refractivity contribution >= 4 is 10.0 Å². The Kier molecular flexibility index (Phi) is 4.05. The van der Waals surface area contributed by atoms with Crippen molar-refractivity contribution in [3.8, 4) is 0 Å². The molecule has 2 heterocycles. The van der Waals surface area contributed by atoms with Crippen LogP contribution in [0.2, 0.25) is 0 Å². The van der Waals surface area contributed by atoms with Crippen molar-refractivity contribution in [3.63, 3.8) is 0 Å². The third-order valence-electron chi connectivity index (χ3n) is 4.73. The van der Waals surface area contributed by atoms with Crippen LogP contribution in [0.15, 0.2) is 23.1 Å². The number of sulfonamides is 1. The molecule has 2 fully saturated rings. The van der Waals surface area contributed by atoms with Crippen LogP contribution in [0.3, 0.4) is 0 Å². The van der Waals surface area contributed by atoms with E-state index in [0.29, 0.717) is 30.6 Å². The van der Waals surface area contributed by atoms with Gasteiger partial charge in [0.15, 0.2) is 0 Å². The summed E-state index contributed by atoms with van der Waals surface area (Å²) >= 11 is 0. The molecule has 0 radical (unpaired) electrons. The van der Waals surface area contributed by atoms with Crippen molar-refractivity contribution in [1.82, 2.24) is 9.21 Å². The first-order valence-electron chi connectivity index (χ1n) is 7.56. The fourth-order valence-corrected chi connectivity index (χ4v) is 4.88. The second-order valence-corrected chi connectivity index (χ2v) is 7.93. The molecule has 6 heteroatoms. The van der Waals surface area contributed by atoms with Crippen LogP contribution in [0.25, 0.3) is 0 Å². The molecule has 2 aliphatic heterocycles. The van der Waals surface area contributed by atoms with Crippen molar-refractivity contribution in [2.45, 2.75) is 37.2 Å². The largest absolute Gasteiger partial charge is 0.326 e. The molecule has 2 saturated heterocycles. The Bertz CT molecular complexity index is 630. The summed E-state index contributed by atoms with van der Waals surface area (Å²) in [5.41, 5.74) is 7.63. The van der Waals surface area contributed by atoms with Gasteiger partial charge in [-0.15, -0.1) is 0 Å². The van der Waals surface area contributed by atoms with E-state index < -0.39 is 10.0 Å². The zero-order valence-corrected chi connectivity index (χ0v) is 13.3. The summed E-state index contributed by atoms with van der Waals surface area (Å²) in [5.74, 6) is 0. The van der Waals surface area contributed by atoms with E-state index in [1.807, 2.05) is 13.0 Å². The Hall–Kier alpha value is -0.950. The Morgan fingerprint density at radius 1 is 1.29 bits per heavy atom. The lowest BCUT2D eigenvalue weighted by Crippen LogP contribution is -2.51. The predicted molar refractivity (Wildman–Crippen MR) is 82.4 cm³/mol. The second-order valence-electron chi connectivity index (χ2n) is 5.99. The average Bonchev–Trinajstić information content (AvgIpc) is 2.94. The standard InChI is InChI=1S/C15H23N3O2S/c1-12-4-5-15(9-13(12)10-16)21(19,20)18-8-7-17-6-2-3-14(17)11-18/h4-5,9,14H,2-3,6-8,10-11,16H2,1H3. The molecule has 116 valence electrons. The highest BCUT2D eigenvalue weighted by atomic mass is 32.2. The number of rotatable bonds is 3. The zero-order valence-electron chi connectivity index (χ0n) is 12.5. The van der Waals surface area contributed by atoms with E-state index in [-0.39, 0.29) is 0 Å². The molecule has 2 aliphatic rings. The van der Waals surface area contributed by atoms with E-state index in [0.717, 1.165) is 30.6 Å². The van der Waals surface area contributed by atoms with Crippen molar-refractivity contribution in [1.29, 1.82) is 0 Å². The average molecular weight is 309 g/mol. The summed E-state index contributed by atoms with van der Waals surface area (Å²) in [5, 5.41) is 0. The quantitative estimate of drug-likeness (QED) is 0.902. The van der Waals surface area contributed by atoms with Crippen molar-refractivity contribution in [2.24, 2.45) is 5.73 Å². The van der Waals surface area contributed by atoms with Gasteiger partial charge in [0.1, 0.15) is 0 Å². The van der Waals surface area contributed by atoms with E-state index in [9.17, 15) is 8.42 Å². The first-order chi connectivity index (χ1) is 10.0. The molecular weight excluding hydrogens is 286 g/mol. The number of benzene rings is 1. The zero-order chi connectivity index (χ0) is 15.0. The molecule has 0 aliphatic carbocycles. The minimum absolute atomic E-state index is 0.367. The molecule has 0 aromatic heterocycles. The van der Waals surface area contributed by atoms with Crippen LogP contribution in [-0.4, -0.2) is 49.8 Å². The minimum atomic E-state index is -3.40. The van der Waals surface area contributed by atoms with Gasteiger partial charge in [-0.1, -0.05) is 6.07 Å². The highest BCUT2D eigenvalue weighted by Crippen LogP contribution is 2.26. The van der Waals surface area contributed by atoms with Crippen molar-refractivity contribution in [2.75, 3.05) is 26.2 Å².